The van der Waals surface area contributed by atoms with Crippen molar-refractivity contribution in [2.24, 2.45) is 0 Å². The summed E-state index contributed by atoms with van der Waals surface area (Å²) in [7, 11) is 1.65. The molecule has 4 rings (SSSR count). The van der Waals surface area contributed by atoms with Crippen molar-refractivity contribution in [2.45, 2.75) is 51.0 Å². The van der Waals surface area contributed by atoms with Gasteiger partial charge in [-0.1, -0.05) is 17.3 Å². The van der Waals surface area contributed by atoms with E-state index in [0.717, 1.165) is 23.4 Å². The van der Waals surface area contributed by atoms with E-state index in [0.29, 0.717) is 25.3 Å². The van der Waals surface area contributed by atoms with Gasteiger partial charge in [0.15, 0.2) is 0 Å². The van der Waals surface area contributed by atoms with Crippen LogP contribution in [0.4, 0.5) is 4.79 Å². The fourth-order valence-electron chi connectivity index (χ4n) is 3.53. The number of hydrogen-bond acceptors (Lipinski definition) is 6. The van der Waals surface area contributed by atoms with E-state index in [1.54, 1.807) is 7.11 Å². The van der Waals surface area contributed by atoms with Gasteiger partial charge < -0.3 is 19.5 Å². The Morgan fingerprint density at radius 3 is 2.78 bits per heavy atom. The van der Waals surface area contributed by atoms with Crippen molar-refractivity contribution in [1.29, 1.82) is 0 Å². The van der Waals surface area contributed by atoms with Crippen molar-refractivity contribution < 1.29 is 19.0 Å². The van der Waals surface area contributed by atoms with Crippen LogP contribution in [0.1, 0.15) is 49.7 Å². The Bertz CT molecular complexity index is 827. The average molecular weight is 372 g/mol. The zero-order chi connectivity index (χ0) is 19.0. The summed E-state index contributed by atoms with van der Waals surface area (Å²) in [5.74, 6) is 0.811. The minimum Gasteiger partial charge on any atom is -0.497 e. The zero-order valence-electron chi connectivity index (χ0n) is 15.8. The lowest BCUT2D eigenvalue weighted by Gasteiger charge is -2.26. The van der Waals surface area contributed by atoms with Crippen molar-refractivity contribution in [3.05, 3.63) is 41.2 Å². The lowest BCUT2D eigenvalue weighted by Crippen LogP contribution is -2.34. The number of alkyl carbamates (subject to hydrolysis) is 1. The van der Waals surface area contributed by atoms with Crippen LogP contribution in [0.2, 0.25) is 0 Å². The molecule has 2 aromatic rings. The third-order valence-corrected chi connectivity index (χ3v) is 4.95. The highest BCUT2D eigenvalue weighted by molar-refractivity contribution is 5.67. The summed E-state index contributed by atoms with van der Waals surface area (Å²) in [6, 6.07) is 7.86. The zero-order valence-corrected chi connectivity index (χ0v) is 15.8. The number of carbonyl (C=O) groups is 1. The molecule has 2 atom stereocenters. The van der Waals surface area contributed by atoms with Crippen LogP contribution in [0.25, 0.3) is 0 Å². The van der Waals surface area contributed by atoms with Gasteiger partial charge in [0.2, 0.25) is 0 Å². The smallest absolute Gasteiger partial charge is 0.408 e. The Balaban J connectivity index is 1.57. The molecule has 1 amide bonds. The molecule has 1 aromatic heterocycles. The second-order valence-electron chi connectivity index (χ2n) is 7.34. The SMILES string of the molecule is COc1ccc(Cn2nnc3c2C2(CC[C@H]3OC(=O)NC(C)C)CO2)cc1. The lowest BCUT2D eigenvalue weighted by molar-refractivity contribution is 0.0712. The number of aromatic nitrogens is 3. The maximum atomic E-state index is 12.0. The second kappa shape index (κ2) is 6.84. The van der Waals surface area contributed by atoms with Crippen LogP contribution in [-0.4, -0.2) is 40.8 Å². The third kappa shape index (κ3) is 3.49. The molecule has 0 radical (unpaired) electrons. The molecule has 0 saturated carbocycles. The Morgan fingerprint density at radius 1 is 1.41 bits per heavy atom. The number of hydrogen-bond donors (Lipinski definition) is 1. The highest BCUT2D eigenvalue weighted by Crippen LogP contribution is 2.51. The summed E-state index contributed by atoms with van der Waals surface area (Å²) in [4.78, 5) is 12.0. The molecule has 8 nitrogen and oxygen atoms in total. The summed E-state index contributed by atoms with van der Waals surface area (Å²) in [5, 5.41) is 11.4. The fourth-order valence-corrected chi connectivity index (χ4v) is 3.53. The number of epoxide rings is 1. The molecule has 1 aromatic carbocycles. The summed E-state index contributed by atoms with van der Waals surface area (Å²) >= 11 is 0. The van der Waals surface area contributed by atoms with Gasteiger partial charge in [0.25, 0.3) is 0 Å². The second-order valence-corrected chi connectivity index (χ2v) is 7.34. The van der Waals surface area contributed by atoms with E-state index < -0.39 is 12.2 Å². The quantitative estimate of drug-likeness (QED) is 0.811. The van der Waals surface area contributed by atoms with E-state index in [4.69, 9.17) is 14.2 Å². The van der Waals surface area contributed by atoms with Crippen LogP contribution in [0, 0.1) is 0 Å². The lowest BCUT2D eigenvalue weighted by atomic mass is 9.88. The molecule has 27 heavy (non-hydrogen) atoms. The summed E-state index contributed by atoms with van der Waals surface area (Å²) in [6.07, 6.45) is 0.631. The number of amides is 1. The molecular weight excluding hydrogens is 348 g/mol. The monoisotopic (exact) mass is 372 g/mol. The number of fused-ring (bicyclic) bond motifs is 2. The molecule has 0 bridgehead atoms. The van der Waals surface area contributed by atoms with Crippen LogP contribution in [0.15, 0.2) is 24.3 Å². The topological polar surface area (TPSA) is 90.8 Å². The molecule has 1 aliphatic heterocycles. The van der Waals surface area contributed by atoms with Gasteiger partial charge in [-0.3, -0.25) is 0 Å². The van der Waals surface area contributed by atoms with Gasteiger partial charge in [0.1, 0.15) is 28.8 Å². The van der Waals surface area contributed by atoms with Gasteiger partial charge >= 0.3 is 6.09 Å². The van der Waals surface area contributed by atoms with E-state index in [9.17, 15) is 4.79 Å². The molecule has 1 spiro atoms. The molecule has 2 aliphatic rings. The van der Waals surface area contributed by atoms with Gasteiger partial charge in [0.05, 0.1) is 20.3 Å². The Labute approximate surface area is 157 Å². The van der Waals surface area contributed by atoms with Crippen molar-refractivity contribution in [3.8, 4) is 5.75 Å². The number of carbonyl (C=O) groups excluding carboxylic acids is 1. The molecule has 8 heteroatoms. The van der Waals surface area contributed by atoms with Gasteiger partial charge in [-0.15, -0.1) is 5.10 Å². The molecule has 1 aliphatic carbocycles. The number of nitrogens with one attached hydrogen (secondary N) is 1. The highest BCUT2D eigenvalue weighted by atomic mass is 16.6. The van der Waals surface area contributed by atoms with Crippen LogP contribution >= 0.6 is 0 Å². The first-order valence-corrected chi connectivity index (χ1v) is 9.18. The van der Waals surface area contributed by atoms with Crippen molar-refractivity contribution in [3.63, 3.8) is 0 Å². The fraction of sp³-hybridized carbons (Fsp3) is 0.526. The largest absolute Gasteiger partial charge is 0.497 e. The van der Waals surface area contributed by atoms with Crippen LogP contribution in [0.3, 0.4) is 0 Å². The molecule has 1 saturated heterocycles. The highest BCUT2D eigenvalue weighted by Gasteiger charge is 2.55. The molecular formula is C19H24N4O4. The van der Waals surface area contributed by atoms with Crippen molar-refractivity contribution in [1.82, 2.24) is 20.3 Å². The van der Waals surface area contributed by atoms with Crippen molar-refractivity contribution >= 4 is 6.09 Å². The number of benzene rings is 1. The Morgan fingerprint density at radius 2 is 2.15 bits per heavy atom. The van der Waals surface area contributed by atoms with Gasteiger partial charge in [-0.25, -0.2) is 9.48 Å². The molecule has 1 fully saturated rings. The normalized spacial score (nSPS) is 23.2. The van der Waals surface area contributed by atoms with E-state index in [2.05, 4.69) is 15.6 Å². The van der Waals surface area contributed by atoms with E-state index in [1.807, 2.05) is 42.8 Å². The Hall–Kier alpha value is -2.61. The molecule has 1 unspecified atom stereocenters. The standard InChI is InChI=1S/C19H24N4O4/c1-12(2)20-18(24)27-15-8-9-19(11-26-19)17-16(15)21-22-23(17)10-13-4-6-14(25-3)7-5-13/h4-7,12,15H,8-11H2,1-3H3,(H,20,24)/t15-,19?/m1/s1. The van der Waals surface area contributed by atoms with Gasteiger partial charge in [-0.05, 0) is 44.4 Å². The van der Waals surface area contributed by atoms with Crippen LogP contribution < -0.4 is 10.1 Å². The van der Waals surface area contributed by atoms with E-state index >= 15 is 0 Å². The van der Waals surface area contributed by atoms with Crippen LogP contribution in [-0.2, 0) is 21.6 Å². The first-order chi connectivity index (χ1) is 13.0. The number of rotatable bonds is 5. The summed E-state index contributed by atoms with van der Waals surface area (Å²) in [5.41, 5.74) is 2.37. The number of nitrogens with zero attached hydrogens (tertiary/aromatic N) is 3. The minimum absolute atomic E-state index is 0.0180. The van der Waals surface area contributed by atoms with Crippen molar-refractivity contribution in [2.75, 3.05) is 13.7 Å². The number of methoxy groups -OCH3 is 1. The first kappa shape index (κ1) is 17.8. The molecule has 2 heterocycles. The number of ether oxygens (including phenoxy) is 3. The van der Waals surface area contributed by atoms with E-state index in [1.165, 1.54) is 0 Å². The predicted molar refractivity (Wildman–Crippen MR) is 96.5 cm³/mol. The van der Waals surface area contributed by atoms with Crippen LogP contribution in [0.5, 0.6) is 5.75 Å². The maximum absolute atomic E-state index is 12.0. The molecule has 1 N–H and O–H groups in total. The van der Waals surface area contributed by atoms with Gasteiger partial charge in [0, 0.05) is 6.04 Å². The third-order valence-electron chi connectivity index (χ3n) is 4.95. The summed E-state index contributed by atoms with van der Waals surface area (Å²) in [6.45, 7) is 5.01. The molecule has 144 valence electrons. The minimum atomic E-state index is -0.432. The van der Waals surface area contributed by atoms with Gasteiger partial charge in [-0.2, -0.15) is 0 Å². The predicted octanol–water partition coefficient (Wildman–Crippen LogP) is 2.53. The van der Waals surface area contributed by atoms with E-state index in [-0.39, 0.29) is 11.6 Å². The first-order valence-electron chi connectivity index (χ1n) is 9.18. The Kier molecular flexibility index (Phi) is 4.51. The maximum Gasteiger partial charge on any atom is 0.408 e. The average Bonchev–Trinajstić information content (AvgIpc) is 3.28. The summed E-state index contributed by atoms with van der Waals surface area (Å²) < 4.78 is 18.5.